The summed E-state index contributed by atoms with van der Waals surface area (Å²) in [6.45, 7) is 2.41. The number of rotatable bonds is 2. The van der Waals surface area contributed by atoms with Crippen LogP contribution in [0.2, 0.25) is 5.02 Å². The zero-order valence-corrected chi connectivity index (χ0v) is 11.7. The topological polar surface area (TPSA) is 46.3 Å². The van der Waals surface area contributed by atoms with E-state index in [4.69, 9.17) is 17.3 Å². The van der Waals surface area contributed by atoms with E-state index in [0.717, 1.165) is 12.8 Å². The molecule has 1 heterocycles. The molecular weight excluding hydrogens is 267 g/mol. The Morgan fingerprint density at radius 2 is 2.26 bits per heavy atom. The fourth-order valence-electron chi connectivity index (χ4n) is 2.69. The van der Waals surface area contributed by atoms with Crippen LogP contribution in [-0.2, 0) is 4.79 Å². The van der Waals surface area contributed by atoms with Crippen LogP contribution in [0, 0.1) is 5.82 Å². The van der Waals surface area contributed by atoms with Crippen molar-refractivity contribution in [1.82, 2.24) is 4.90 Å². The number of amides is 1. The van der Waals surface area contributed by atoms with E-state index < -0.39 is 11.9 Å². The highest BCUT2D eigenvalue weighted by Gasteiger charge is 2.33. The molecule has 1 amide bonds. The fraction of sp³-hybridized carbons (Fsp3) is 0.500. The Labute approximate surface area is 117 Å². The van der Waals surface area contributed by atoms with Gasteiger partial charge in [-0.05, 0) is 31.9 Å². The Bertz CT molecular complexity index is 481. The number of benzene rings is 1. The number of halogens is 2. The zero-order chi connectivity index (χ0) is 14.0. The number of likely N-dealkylation sites (N-methyl/N-ethyl adjacent to an activating group) is 1. The third kappa shape index (κ3) is 2.90. The molecule has 1 aliphatic heterocycles. The van der Waals surface area contributed by atoms with E-state index in [1.54, 1.807) is 17.0 Å². The monoisotopic (exact) mass is 284 g/mol. The molecule has 0 saturated carbocycles. The van der Waals surface area contributed by atoms with Crippen LogP contribution in [0.25, 0.3) is 0 Å². The summed E-state index contributed by atoms with van der Waals surface area (Å²) in [5.74, 6) is -0.365. The minimum Gasteiger partial charge on any atom is -0.334 e. The Hall–Kier alpha value is -1.13. The van der Waals surface area contributed by atoms with E-state index in [1.807, 2.05) is 6.92 Å². The Morgan fingerprint density at radius 1 is 1.53 bits per heavy atom. The van der Waals surface area contributed by atoms with Gasteiger partial charge in [0, 0.05) is 29.6 Å². The van der Waals surface area contributed by atoms with Crippen molar-refractivity contribution in [2.75, 3.05) is 6.54 Å². The highest BCUT2D eigenvalue weighted by atomic mass is 35.5. The fourth-order valence-corrected chi connectivity index (χ4v) is 2.85. The van der Waals surface area contributed by atoms with Gasteiger partial charge < -0.3 is 10.6 Å². The second-order valence-electron chi connectivity index (χ2n) is 4.85. The molecule has 3 nitrogen and oxygen atoms in total. The Kier molecular flexibility index (Phi) is 4.42. The SMILES string of the molecule is CCN1C(=O)CCCC(N)C1c1ccc(Cl)cc1F. The first-order chi connectivity index (χ1) is 9.04. The Balaban J connectivity index is 2.44. The van der Waals surface area contributed by atoms with Gasteiger partial charge >= 0.3 is 0 Å². The molecule has 1 aromatic rings. The van der Waals surface area contributed by atoms with Crippen molar-refractivity contribution in [3.05, 3.63) is 34.6 Å². The van der Waals surface area contributed by atoms with Gasteiger partial charge in [0.05, 0.1) is 6.04 Å². The van der Waals surface area contributed by atoms with Gasteiger partial charge in [0.2, 0.25) is 5.91 Å². The molecule has 0 aromatic heterocycles. The summed E-state index contributed by atoms with van der Waals surface area (Å²) in [7, 11) is 0. The van der Waals surface area contributed by atoms with Gasteiger partial charge in [0.1, 0.15) is 5.82 Å². The van der Waals surface area contributed by atoms with E-state index in [0.29, 0.717) is 23.6 Å². The van der Waals surface area contributed by atoms with E-state index in [9.17, 15) is 9.18 Å². The van der Waals surface area contributed by atoms with E-state index in [2.05, 4.69) is 0 Å². The van der Waals surface area contributed by atoms with Crippen LogP contribution in [0.3, 0.4) is 0 Å². The molecule has 0 spiro atoms. The molecule has 1 aliphatic rings. The van der Waals surface area contributed by atoms with E-state index in [1.165, 1.54) is 6.07 Å². The number of likely N-dealkylation sites (tertiary alicyclic amines) is 1. The number of hydrogen-bond acceptors (Lipinski definition) is 2. The van der Waals surface area contributed by atoms with Crippen molar-refractivity contribution >= 4 is 17.5 Å². The average Bonchev–Trinajstić information content (AvgIpc) is 2.49. The van der Waals surface area contributed by atoms with Crippen LogP contribution >= 0.6 is 11.6 Å². The van der Waals surface area contributed by atoms with Crippen molar-refractivity contribution in [2.24, 2.45) is 5.73 Å². The molecule has 104 valence electrons. The highest BCUT2D eigenvalue weighted by molar-refractivity contribution is 6.30. The van der Waals surface area contributed by atoms with Crippen LogP contribution in [0.5, 0.6) is 0 Å². The molecular formula is C14H18ClFN2O. The van der Waals surface area contributed by atoms with Crippen LogP contribution < -0.4 is 5.73 Å². The summed E-state index contributed by atoms with van der Waals surface area (Å²) < 4.78 is 14.1. The standard InChI is InChI=1S/C14H18ClFN2O/c1-2-18-13(19)5-3-4-12(17)14(18)10-7-6-9(15)8-11(10)16/h6-8,12,14H,2-5,17H2,1H3. The smallest absolute Gasteiger partial charge is 0.223 e. The average molecular weight is 285 g/mol. The molecule has 2 rings (SSSR count). The molecule has 5 heteroatoms. The predicted molar refractivity (Wildman–Crippen MR) is 73.4 cm³/mol. The van der Waals surface area contributed by atoms with Gasteiger partial charge in [0.25, 0.3) is 0 Å². The van der Waals surface area contributed by atoms with Crippen LogP contribution in [0.15, 0.2) is 18.2 Å². The Morgan fingerprint density at radius 3 is 2.89 bits per heavy atom. The maximum absolute atomic E-state index is 14.1. The molecule has 1 fully saturated rings. The maximum atomic E-state index is 14.1. The molecule has 1 saturated heterocycles. The summed E-state index contributed by atoms with van der Waals surface area (Å²) in [5.41, 5.74) is 6.61. The number of carbonyl (C=O) groups is 1. The summed E-state index contributed by atoms with van der Waals surface area (Å²) in [6, 6.07) is 3.88. The molecule has 2 N–H and O–H groups in total. The largest absolute Gasteiger partial charge is 0.334 e. The quantitative estimate of drug-likeness (QED) is 0.908. The van der Waals surface area contributed by atoms with Crippen LogP contribution in [0.4, 0.5) is 4.39 Å². The lowest BCUT2D eigenvalue weighted by molar-refractivity contribution is -0.133. The number of nitrogens with two attached hydrogens (primary N) is 1. The minimum atomic E-state index is -0.405. The van der Waals surface area contributed by atoms with Crippen molar-refractivity contribution in [3.8, 4) is 0 Å². The van der Waals surface area contributed by atoms with Gasteiger partial charge in [-0.3, -0.25) is 4.79 Å². The third-order valence-corrected chi connectivity index (χ3v) is 3.85. The lowest BCUT2D eigenvalue weighted by atomic mass is 9.96. The zero-order valence-electron chi connectivity index (χ0n) is 10.9. The molecule has 0 bridgehead atoms. The predicted octanol–water partition coefficient (Wildman–Crippen LogP) is 2.88. The first-order valence-electron chi connectivity index (χ1n) is 6.54. The molecule has 19 heavy (non-hydrogen) atoms. The first kappa shape index (κ1) is 14.3. The highest BCUT2D eigenvalue weighted by Crippen LogP contribution is 2.32. The maximum Gasteiger partial charge on any atom is 0.223 e. The van der Waals surface area contributed by atoms with E-state index >= 15 is 0 Å². The minimum absolute atomic E-state index is 0.0369. The first-order valence-corrected chi connectivity index (χ1v) is 6.92. The molecule has 0 aliphatic carbocycles. The number of hydrogen-bond donors (Lipinski definition) is 1. The van der Waals surface area contributed by atoms with E-state index in [-0.39, 0.29) is 11.9 Å². The summed E-state index contributed by atoms with van der Waals surface area (Å²) in [4.78, 5) is 13.7. The van der Waals surface area contributed by atoms with Gasteiger partial charge in [-0.1, -0.05) is 17.7 Å². The second kappa shape index (κ2) is 5.88. The van der Waals surface area contributed by atoms with Crippen molar-refractivity contribution < 1.29 is 9.18 Å². The van der Waals surface area contributed by atoms with Crippen molar-refractivity contribution in [3.63, 3.8) is 0 Å². The van der Waals surface area contributed by atoms with Gasteiger partial charge in [-0.25, -0.2) is 4.39 Å². The number of nitrogens with zero attached hydrogens (tertiary/aromatic N) is 1. The molecule has 2 atom stereocenters. The van der Waals surface area contributed by atoms with Crippen molar-refractivity contribution in [1.29, 1.82) is 0 Å². The van der Waals surface area contributed by atoms with Crippen LogP contribution in [-0.4, -0.2) is 23.4 Å². The lowest BCUT2D eigenvalue weighted by Crippen LogP contribution is -2.42. The summed E-state index contributed by atoms with van der Waals surface area (Å²) in [5, 5.41) is 0.345. The van der Waals surface area contributed by atoms with Gasteiger partial charge in [0.15, 0.2) is 0 Å². The summed E-state index contributed by atoms with van der Waals surface area (Å²) >= 11 is 5.77. The normalized spacial score (nSPS) is 24.4. The molecule has 1 aromatic carbocycles. The third-order valence-electron chi connectivity index (χ3n) is 3.61. The van der Waals surface area contributed by atoms with Gasteiger partial charge in [-0.2, -0.15) is 0 Å². The molecule has 2 unspecified atom stereocenters. The summed E-state index contributed by atoms with van der Waals surface area (Å²) in [6.07, 6.45) is 1.95. The number of carbonyl (C=O) groups excluding carboxylic acids is 1. The van der Waals surface area contributed by atoms with Crippen LogP contribution in [0.1, 0.15) is 37.8 Å². The van der Waals surface area contributed by atoms with Gasteiger partial charge in [-0.15, -0.1) is 0 Å². The second-order valence-corrected chi connectivity index (χ2v) is 5.28. The lowest BCUT2D eigenvalue weighted by Gasteiger charge is -2.33. The van der Waals surface area contributed by atoms with Crippen molar-refractivity contribution in [2.45, 2.75) is 38.3 Å². The molecule has 0 radical (unpaired) electrons.